The summed E-state index contributed by atoms with van der Waals surface area (Å²) in [5.41, 5.74) is 9.82. The van der Waals surface area contributed by atoms with E-state index in [1.807, 2.05) is 6.92 Å². The minimum Gasteiger partial charge on any atom is -0.325 e. The molecule has 2 rings (SSSR count). The molecule has 0 bridgehead atoms. The number of nitrogens with two attached hydrogens (primary N) is 1. The lowest BCUT2D eigenvalue weighted by Gasteiger charge is -2.10. The Morgan fingerprint density at radius 1 is 1.42 bits per heavy atom. The van der Waals surface area contributed by atoms with Crippen LogP contribution in [0, 0.1) is 18.3 Å². The second-order valence-corrected chi connectivity index (χ2v) is 5.91. The van der Waals surface area contributed by atoms with Gasteiger partial charge in [0, 0.05) is 12.1 Å². The lowest BCUT2D eigenvalue weighted by atomic mass is 9.96. The zero-order valence-electron chi connectivity index (χ0n) is 11.4. The molecule has 1 aromatic heterocycles. The number of aromatic nitrogens is 1. The first-order chi connectivity index (χ1) is 9.06. The quantitative estimate of drug-likeness (QED) is 0.928. The molecule has 0 radical (unpaired) electrons. The third kappa shape index (κ3) is 2.67. The standard InChI is InChI=1S/C15H17N3S/c1-9(2)11-5-4-10(3)12(6-11)15-13(7-16)19-14(8-17)18-15/h4-6,9H,8,17H2,1-3H3. The monoisotopic (exact) mass is 271 g/mol. The second kappa shape index (κ2) is 5.52. The van der Waals surface area contributed by atoms with Gasteiger partial charge in [-0.2, -0.15) is 5.26 Å². The summed E-state index contributed by atoms with van der Waals surface area (Å²) in [5, 5.41) is 10.0. The van der Waals surface area contributed by atoms with Crippen molar-refractivity contribution in [1.82, 2.24) is 4.98 Å². The Balaban J connectivity index is 2.61. The highest BCUT2D eigenvalue weighted by atomic mass is 32.1. The molecule has 0 aliphatic rings. The Morgan fingerprint density at radius 3 is 2.74 bits per heavy atom. The van der Waals surface area contributed by atoms with E-state index in [0.29, 0.717) is 17.3 Å². The maximum absolute atomic E-state index is 9.24. The molecule has 98 valence electrons. The minimum absolute atomic E-state index is 0.377. The predicted molar refractivity (Wildman–Crippen MR) is 79.0 cm³/mol. The van der Waals surface area contributed by atoms with Crippen molar-refractivity contribution in [1.29, 1.82) is 5.26 Å². The van der Waals surface area contributed by atoms with Gasteiger partial charge in [-0.25, -0.2) is 4.98 Å². The van der Waals surface area contributed by atoms with Gasteiger partial charge in [0.25, 0.3) is 0 Å². The van der Waals surface area contributed by atoms with E-state index in [1.165, 1.54) is 16.9 Å². The summed E-state index contributed by atoms with van der Waals surface area (Å²) in [6, 6.07) is 8.58. The molecule has 0 spiro atoms. The lowest BCUT2D eigenvalue weighted by Crippen LogP contribution is -1.96. The molecule has 0 fully saturated rings. The van der Waals surface area contributed by atoms with Crippen molar-refractivity contribution in [3.8, 4) is 17.3 Å². The molecule has 0 saturated heterocycles. The molecule has 19 heavy (non-hydrogen) atoms. The first-order valence-electron chi connectivity index (χ1n) is 6.27. The average molecular weight is 271 g/mol. The maximum Gasteiger partial charge on any atom is 0.132 e. The molecule has 2 aromatic rings. The van der Waals surface area contributed by atoms with Crippen molar-refractivity contribution >= 4 is 11.3 Å². The van der Waals surface area contributed by atoms with Crippen LogP contribution in [-0.2, 0) is 6.54 Å². The van der Waals surface area contributed by atoms with E-state index < -0.39 is 0 Å². The molecule has 2 N–H and O–H groups in total. The molecule has 0 unspecified atom stereocenters. The zero-order valence-corrected chi connectivity index (χ0v) is 12.2. The van der Waals surface area contributed by atoms with Gasteiger partial charge in [-0.3, -0.25) is 0 Å². The van der Waals surface area contributed by atoms with Crippen LogP contribution in [-0.4, -0.2) is 4.98 Å². The van der Waals surface area contributed by atoms with Crippen molar-refractivity contribution in [3.05, 3.63) is 39.2 Å². The van der Waals surface area contributed by atoms with Gasteiger partial charge in [0.1, 0.15) is 16.0 Å². The zero-order chi connectivity index (χ0) is 14.0. The van der Waals surface area contributed by atoms with E-state index >= 15 is 0 Å². The van der Waals surface area contributed by atoms with Crippen LogP contribution >= 0.6 is 11.3 Å². The summed E-state index contributed by atoms with van der Waals surface area (Å²) in [7, 11) is 0. The highest BCUT2D eigenvalue weighted by molar-refractivity contribution is 7.12. The summed E-state index contributed by atoms with van der Waals surface area (Å²) in [6.07, 6.45) is 0. The van der Waals surface area contributed by atoms with Crippen LogP contribution in [0.15, 0.2) is 18.2 Å². The number of thiazole rings is 1. The summed E-state index contributed by atoms with van der Waals surface area (Å²) in [5.74, 6) is 0.456. The summed E-state index contributed by atoms with van der Waals surface area (Å²) in [4.78, 5) is 5.15. The van der Waals surface area contributed by atoms with E-state index in [-0.39, 0.29) is 0 Å². The number of benzene rings is 1. The van der Waals surface area contributed by atoms with Gasteiger partial charge >= 0.3 is 0 Å². The molecule has 0 aliphatic heterocycles. The first kappa shape index (κ1) is 13.7. The lowest BCUT2D eigenvalue weighted by molar-refractivity contribution is 0.866. The molecule has 0 saturated carbocycles. The molecule has 0 aliphatic carbocycles. The largest absolute Gasteiger partial charge is 0.325 e. The molecule has 0 atom stereocenters. The maximum atomic E-state index is 9.24. The van der Waals surface area contributed by atoms with Crippen molar-refractivity contribution in [2.45, 2.75) is 33.2 Å². The number of hydrogen-bond acceptors (Lipinski definition) is 4. The highest BCUT2D eigenvalue weighted by Gasteiger charge is 2.15. The normalized spacial score (nSPS) is 10.7. The Bertz CT molecular complexity index is 635. The van der Waals surface area contributed by atoms with Gasteiger partial charge in [-0.1, -0.05) is 26.0 Å². The van der Waals surface area contributed by atoms with E-state index in [9.17, 15) is 5.26 Å². The third-order valence-electron chi connectivity index (χ3n) is 3.13. The van der Waals surface area contributed by atoms with Gasteiger partial charge in [0.2, 0.25) is 0 Å². The Kier molecular flexibility index (Phi) is 3.98. The van der Waals surface area contributed by atoms with Crippen LogP contribution in [0.1, 0.15) is 40.8 Å². The SMILES string of the molecule is Cc1ccc(C(C)C)cc1-c1nc(CN)sc1C#N. The molecular formula is C15H17N3S. The Morgan fingerprint density at radius 2 is 2.16 bits per heavy atom. The van der Waals surface area contributed by atoms with Crippen molar-refractivity contribution in [2.75, 3.05) is 0 Å². The number of aryl methyl sites for hydroxylation is 1. The van der Waals surface area contributed by atoms with E-state index in [0.717, 1.165) is 21.8 Å². The number of rotatable bonds is 3. The number of nitrogens with zero attached hydrogens (tertiary/aromatic N) is 2. The highest BCUT2D eigenvalue weighted by Crippen LogP contribution is 2.32. The van der Waals surface area contributed by atoms with Crippen molar-refractivity contribution in [2.24, 2.45) is 5.73 Å². The summed E-state index contributed by atoms with van der Waals surface area (Å²) in [6.45, 7) is 6.74. The van der Waals surface area contributed by atoms with Gasteiger partial charge < -0.3 is 5.73 Å². The van der Waals surface area contributed by atoms with Crippen LogP contribution in [0.3, 0.4) is 0 Å². The molecule has 1 heterocycles. The van der Waals surface area contributed by atoms with E-state index in [1.54, 1.807) is 0 Å². The van der Waals surface area contributed by atoms with Crippen LogP contribution in [0.4, 0.5) is 0 Å². The van der Waals surface area contributed by atoms with Crippen LogP contribution in [0.5, 0.6) is 0 Å². The molecule has 0 amide bonds. The molecule has 3 nitrogen and oxygen atoms in total. The van der Waals surface area contributed by atoms with Crippen molar-refractivity contribution in [3.63, 3.8) is 0 Å². The minimum atomic E-state index is 0.377. The number of nitriles is 1. The summed E-state index contributed by atoms with van der Waals surface area (Å²) < 4.78 is 0. The van der Waals surface area contributed by atoms with Crippen LogP contribution in [0.25, 0.3) is 11.3 Å². The molecular weight excluding hydrogens is 254 g/mol. The summed E-state index contributed by atoms with van der Waals surface area (Å²) >= 11 is 1.38. The Labute approximate surface area is 117 Å². The van der Waals surface area contributed by atoms with Crippen LogP contribution < -0.4 is 5.73 Å². The van der Waals surface area contributed by atoms with E-state index in [4.69, 9.17) is 5.73 Å². The fraction of sp³-hybridized carbons (Fsp3) is 0.333. The van der Waals surface area contributed by atoms with Gasteiger partial charge in [-0.05, 0) is 30.0 Å². The third-order valence-corrected chi connectivity index (χ3v) is 4.11. The smallest absolute Gasteiger partial charge is 0.132 e. The topological polar surface area (TPSA) is 62.7 Å². The second-order valence-electron chi connectivity index (χ2n) is 4.83. The Hall–Kier alpha value is -1.70. The van der Waals surface area contributed by atoms with Gasteiger partial charge in [0.05, 0.1) is 5.69 Å². The average Bonchev–Trinajstić information content (AvgIpc) is 2.82. The fourth-order valence-corrected chi connectivity index (χ4v) is 2.72. The van der Waals surface area contributed by atoms with Gasteiger partial charge in [-0.15, -0.1) is 11.3 Å². The first-order valence-corrected chi connectivity index (χ1v) is 7.09. The van der Waals surface area contributed by atoms with Gasteiger partial charge in [0.15, 0.2) is 0 Å². The fourth-order valence-electron chi connectivity index (χ4n) is 1.96. The molecule has 1 aromatic carbocycles. The number of hydrogen-bond donors (Lipinski definition) is 1. The molecule has 4 heteroatoms. The van der Waals surface area contributed by atoms with Crippen LogP contribution in [0.2, 0.25) is 0 Å². The predicted octanol–water partition coefficient (Wildman–Crippen LogP) is 3.57. The van der Waals surface area contributed by atoms with Crippen molar-refractivity contribution < 1.29 is 0 Å². The van der Waals surface area contributed by atoms with E-state index in [2.05, 4.69) is 43.1 Å².